The molecule has 2 aliphatic rings. The van der Waals surface area contributed by atoms with E-state index in [0.717, 1.165) is 32.1 Å². The van der Waals surface area contributed by atoms with E-state index in [0.29, 0.717) is 42.9 Å². The van der Waals surface area contributed by atoms with Gasteiger partial charge in [-0.2, -0.15) is 5.10 Å². The number of nitrogens with zero attached hydrogens (tertiary/aromatic N) is 2. The highest BCUT2D eigenvalue weighted by Crippen LogP contribution is 2.43. The van der Waals surface area contributed by atoms with E-state index in [9.17, 15) is 14.4 Å². The molecule has 2 aliphatic carbocycles. The smallest absolute Gasteiger partial charge is 0.404 e. The average molecular weight is 504 g/mol. The molecular weight excluding hydrogens is 462 g/mol. The highest BCUT2D eigenvalue weighted by molar-refractivity contribution is 5.96. The molecule has 0 aromatic carbocycles. The van der Waals surface area contributed by atoms with Crippen LogP contribution in [0.5, 0.6) is 5.88 Å². The maximum Gasteiger partial charge on any atom is 0.404 e. The van der Waals surface area contributed by atoms with Gasteiger partial charge in [0.1, 0.15) is 5.56 Å². The van der Waals surface area contributed by atoms with Gasteiger partial charge < -0.3 is 25.8 Å². The summed E-state index contributed by atoms with van der Waals surface area (Å²) in [6.45, 7) is 8.54. The van der Waals surface area contributed by atoms with Crippen molar-refractivity contribution in [3.63, 3.8) is 0 Å². The molecular formula is C26H41N5O5. The quantitative estimate of drug-likeness (QED) is 0.424. The molecule has 1 aromatic rings. The van der Waals surface area contributed by atoms with Gasteiger partial charge in [0.15, 0.2) is 0 Å². The van der Waals surface area contributed by atoms with Crippen LogP contribution in [0.3, 0.4) is 0 Å². The third kappa shape index (κ3) is 7.48. The third-order valence-electron chi connectivity index (χ3n) is 6.97. The van der Waals surface area contributed by atoms with Crippen molar-refractivity contribution >= 4 is 24.1 Å². The van der Waals surface area contributed by atoms with Gasteiger partial charge in [0, 0.05) is 24.7 Å². The second-order valence-corrected chi connectivity index (χ2v) is 10.5. The number of carbonyl (C=O) groups is 3. The van der Waals surface area contributed by atoms with Crippen molar-refractivity contribution in [1.29, 1.82) is 0 Å². The Labute approximate surface area is 213 Å². The van der Waals surface area contributed by atoms with Crippen molar-refractivity contribution < 1.29 is 23.9 Å². The number of aromatic nitrogens is 2. The number of hydrogen-bond acceptors (Lipinski definition) is 6. The van der Waals surface area contributed by atoms with E-state index in [4.69, 9.17) is 15.2 Å². The molecule has 36 heavy (non-hydrogen) atoms. The van der Waals surface area contributed by atoms with Crippen molar-refractivity contribution in [1.82, 2.24) is 20.4 Å². The molecule has 10 nitrogen and oxygen atoms in total. The summed E-state index contributed by atoms with van der Waals surface area (Å²) in [7, 11) is 0. The normalized spacial score (nSPS) is 24.4. The van der Waals surface area contributed by atoms with Crippen LogP contribution < -0.4 is 21.1 Å². The van der Waals surface area contributed by atoms with Gasteiger partial charge in [0.2, 0.25) is 11.8 Å². The number of nitrogens with two attached hydrogens (primary N) is 1. The SMILES string of the molecule is CCC(=O)NC(C)/C=C/n1ncc(C(=O)N[C@H]2C3CCCC2C[C@@H](COC(N)=O)C3)c1OCC(C)C. The van der Waals surface area contributed by atoms with Gasteiger partial charge in [0.05, 0.1) is 19.4 Å². The first kappa shape index (κ1) is 27.5. The van der Waals surface area contributed by atoms with E-state index in [2.05, 4.69) is 15.7 Å². The molecule has 0 aliphatic heterocycles. The lowest BCUT2D eigenvalue weighted by Crippen LogP contribution is -2.51. The van der Waals surface area contributed by atoms with E-state index in [1.54, 1.807) is 17.8 Å². The number of carbonyl (C=O) groups excluding carboxylic acids is 3. The van der Waals surface area contributed by atoms with Crippen LogP contribution >= 0.6 is 0 Å². The van der Waals surface area contributed by atoms with Crippen LogP contribution in [0.25, 0.3) is 6.20 Å². The van der Waals surface area contributed by atoms with Crippen molar-refractivity contribution in [2.45, 2.75) is 78.3 Å². The van der Waals surface area contributed by atoms with Crippen LogP contribution in [-0.2, 0) is 9.53 Å². The number of hydrogen-bond donors (Lipinski definition) is 3. The summed E-state index contributed by atoms with van der Waals surface area (Å²) in [5.41, 5.74) is 5.54. The number of amides is 3. The lowest BCUT2D eigenvalue weighted by Gasteiger charge is -2.45. The molecule has 2 bridgehead atoms. The first-order valence-corrected chi connectivity index (χ1v) is 13.1. The molecule has 2 fully saturated rings. The summed E-state index contributed by atoms with van der Waals surface area (Å²) in [5, 5.41) is 10.5. The molecule has 3 unspecified atom stereocenters. The molecule has 0 saturated heterocycles. The fraction of sp³-hybridized carbons (Fsp3) is 0.692. The van der Waals surface area contributed by atoms with Crippen LogP contribution in [0.4, 0.5) is 4.79 Å². The maximum atomic E-state index is 13.4. The summed E-state index contributed by atoms with van der Waals surface area (Å²) in [4.78, 5) is 36.1. The van der Waals surface area contributed by atoms with Crippen molar-refractivity contribution in [2.75, 3.05) is 13.2 Å². The van der Waals surface area contributed by atoms with E-state index in [1.165, 1.54) is 6.20 Å². The molecule has 1 heterocycles. The Kier molecular flexibility index (Phi) is 9.78. The molecule has 0 radical (unpaired) electrons. The van der Waals surface area contributed by atoms with Gasteiger partial charge in [-0.1, -0.05) is 27.2 Å². The molecule has 200 valence electrons. The number of fused-ring (bicyclic) bond motifs is 2. The summed E-state index contributed by atoms with van der Waals surface area (Å²) in [6.07, 6.45) is 9.74. The predicted molar refractivity (Wildman–Crippen MR) is 136 cm³/mol. The summed E-state index contributed by atoms with van der Waals surface area (Å²) in [6, 6.07) is -0.123. The average Bonchev–Trinajstić information content (AvgIpc) is 3.23. The van der Waals surface area contributed by atoms with Gasteiger partial charge >= 0.3 is 6.09 Å². The zero-order valence-corrected chi connectivity index (χ0v) is 21.9. The Morgan fingerprint density at radius 3 is 2.53 bits per heavy atom. The van der Waals surface area contributed by atoms with Gasteiger partial charge in [0.25, 0.3) is 5.91 Å². The Bertz CT molecular complexity index is 929. The number of nitrogens with one attached hydrogen (secondary N) is 2. The van der Waals surface area contributed by atoms with E-state index < -0.39 is 6.09 Å². The maximum absolute atomic E-state index is 13.4. The Morgan fingerprint density at radius 2 is 1.92 bits per heavy atom. The van der Waals surface area contributed by atoms with Gasteiger partial charge in [-0.05, 0) is 62.4 Å². The highest BCUT2D eigenvalue weighted by Gasteiger charge is 2.41. The molecule has 10 heteroatoms. The topological polar surface area (TPSA) is 138 Å². The van der Waals surface area contributed by atoms with Crippen molar-refractivity contribution in [3.8, 4) is 5.88 Å². The minimum atomic E-state index is -0.738. The monoisotopic (exact) mass is 503 g/mol. The molecule has 2 saturated carbocycles. The second-order valence-electron chi connectivity index (χ2n) is 10.5. The number of ether oxygens (including phenoxy) is 2. The zero-order chi connectivity index (χ0) is 26.2. The highest BCUT2D eigenvalue weighted by atomic mass is 16.5. The summed E-state index contributed by atoms with van der Waals surface area (Å²) < 4.78 is 12.6. The second kappa shape index (κ2) is 12.8. The minimum absolute atomic E-state index is 0.0366. The van der Waals surface area contributed by atoms with Gasteiger partial charge in [-0.15, -0.1) is 0 Å². The molecule has 3 atom stereocenters. The van der Waals surface area contributed by atoms with Crippen LogP contribution in [0, 0.1) is 23.7 Å². The predicted octanol–water partition coefficient (Wildman–Crippen LogP) is 3.32. The lowest BCUT2D eigenvalue weighted by atomic mass is 9.65. The van der Waals surface area contributed by atoms with E-state index >= 15 is 0 Å². The van der Waals surface area contributed by atoms with Crippen LogP contribution in [0.15, 0.2) is 12.3 Å². The Balaban J connectivity index is 1.72. The van der Waals surface area contributed by atoms with E-state index in [-0.39, 0.29) is 35.7 Å². The number of rotatable bonds is 11. The zero-order valence-electron chi connectivity index (χ0n) is 21.9. The van der Waals surface area contributed by atoms with Crippen LogP contribution in [0.1, 0.15) is 76.6 Å². The van der Waals surface area contributed by atoms with Crippen molar-refractivity contribution in [3.05, 3.63) is 17.8 Å². The lowest BCUT2D eigenvalue weighted by molar-refractivity contribution is -0.121. The van der Waals surface area contributed by atoms with Crippen molar-refractivity contribution in [2.24, 2.45) is 29.4 Å². The van der Waals surface area contributed by atoms with Gasteiger partial charge in [-0.3, -0.25) is 9.59 Å². The standard InChI is InChI=1S/C26H41N5O5/c1-5-22(32)29-17(4)9-10-31-25(35-14-16(2)3)21(13-28-31)24(33)30-23-19-7-6-8-20(23)12-18(11-19)15-36-26(27)34/h9-10,13,16-20,23H,5-8,11-12,14-15H2,1-4H3,(H2,27,34)(H,29,32)(H,30,33)/b10-9+/t17?,18-,19?,20?,23-. The van der Waals surface area contributed by atoms with E-state index in [1.807, 2.05) is 26.8 Å². The Morgan fingerprint density at radius 1 is 1.22 bits per heavy atom. The molecule has 3 amide bonds. The molecule has 4 N–H and O–H groups in total. The largest absolute Gasteiger partial charge is 0.477 e. The number of primary amides is 1. The Hall–Kier alpha value is -3.04. The fourth-order valence-corrected chi connectivity index (χ4v) is 5.29. The molecule has 3 rings (SSSR count). The third-order valence-corrected chi connectivity index (χ3v) is 6.97. The molecule has 0 spiro atoms. The summed E-state index contributed by atoms with van der Waals surface area (Å²) >= 11 is 0. The minimum Gasteiger partial charge on any atom is -0.477 e. The molecule has 1 aromatic heterocycles. The fourth-order valence-electron chi connectivity index (χ4n) is 5.29. The first-order valence-electron chi connectivity index (χ1n) is 13.1. The van der Waals surface area contributed by atoms with Crippen LogP contribution in [0.2, 0.25) is 0 Å². The van der Waals surface area contributed by atoms with Gasteiger partial charge in [-0.25, -0.2) is 9.48 Å². The van der Waals surface area contributed by atoms with Crippen LogP contribution in [-0.4, -0.2) is 53.0 Å². The first-order chi connectivity index (χ1) is 17.2. The summed E-state index contributed by atoms with van der Waals surface area (Å²) in [5.74, 6) is 1.36.